The van der Waals surface area contributed by atoms with Gasteiger partial charge in [0.1, 0.15) is 0 Å². The quantitative estimate of drug-likeness (QED) is 0.384. The van der Waals surface area contributed by atoms with E-state index < -0.39 is 18.0 Å². The minimum Gasteiger partial charge on any atom is -0.427 e. The minimum atomic E-state index is -1.68. The first-order valence-electron chi connectivity index (χ1n) is 3.17. The Labute approximate surface area is 69.8 Å². The molecular weight excluding hydrogens is 166 g/mol. The van der Waals surface area contributed by atoms with Crippen molar-refractivity contribution in [3.8, 4) is 0 Å². The van der Waals surface area contributed by atoms with Gasteiger partial charge in [-0.25, -0.2) is 0 Å². The Hall–Kier alpha value is -0.285. The zero-order valence-electron chi connectivity index (χ0n) is 5.68. The lowest BCUT2D eigenvalue weighted by Gasteiger charge is -2.26. The Morgan fingerprint density at radius 3 is 2.36 bits per heavy atom. The van der Waals surface area contributed by atoms with Crippen LogP contribution in [0.4, 0.5) is 0 Å². The summed E-state index contributed by atoms with van der Waals surface area (Å²) in [6.07, 6.45) is 5.89. The van der Waals surface area contributed by atoms with Crippen LogP contribution in [-0.2, 0) is 0 Å². The van der Waals surface area contributed by atoms with Crippen LogP contribution >= 0.6 is 11.6 Å². The van der Waals surface area contributed by atoms with Crippen LogP contribution in [0.5, 0.6) is 0 Å². The van der Waals surface area contributed by atoms with Crippen LogP contribution in [0.3, 0.4) is 0 Å². The Balaban J connectivity index is 2.80. The number of hydrogen-bond acceptors (Lipinski definition) is 3. The predicted octanol–water partition coefficient (Wildman–Crippen LogP) is -0.117. The van der Waals surface area contributed by atoms with Crippen LogP contribution < -0.4 is 0 Å². The molecule has 0 heterocycles. The lowest BCUT2D eigenvalue weighted by molar-refractivity contribution is 0.167. The second kappa shape index (κ2) is 2.99. The SMILES string of the molecule is OB(O)C1C=CC=CC1(O)Cl. The standard InChI is InChI=1S/C6H8BClO3/c8-6(9)4-2-1-3-5(6)7(10)11/h1-5,9-11H. The smallest absolute Gasteiger partial charge is 0.427 e. The molecule has 11 heavy (non-hydrogen) atoms. The number of alkyl halides is 1. The molecule has 1 aliphatic carbocycles. The van der Waals surface area contributed by atoms with Crippen molar-refractivity contribution >= 4 is 18.7 Å². The molecule has 2 atom stereocenters. The third-order valence-corrected chi connectivity index (χ3v) is 1.93. The van der Waals surface area contributed by atoms with Gasteiger partial charge in [0.15, 0.2) is 5.06 Å². The summed E-state index contributed by atoms with van der Waals surface area (Å²) >= 11 is 5.53. The topological polar surface area (TPSA) is 60.7 Å². The lowest BCUT2D eigenvalue weighted by atomic mass is 9.68. The molecule has 0 spiro atoms. The Kier molecular flexibility index (Phi) is 2.39. The van der Waals surface area contributed by atoms with E-state index in [0.717, 1.165) is 0 Å². The Morgan fingerprint density at radius 2 is 2.00 bits per heavy atom. The summed E-state index contributed by atoms with van der Waals surface area (Å²) < 4.78 is 0. The molecule has 3 nitrogen and oxygen atoms in total. The largest absolute Gasteiger partial charge is 0.463 e. The molecule has 3 N–H and O–H groups in total. The van der Waals surface area contributed by atoms with E-state index in [4.69, 9.17) is 21.6 Å². The van der Waals surface area contributed by atoms with E-state index in [1.165, 1.54) is 12.2 Å². The average molecular weight is 174 g/mol. The summed E-state index contributed by atoms with van der Waals surface area (Å²) in [6, 6.07) is 0. The van der Waals surface area contributed by atoms with Crippen LogP contribution in [-0.4, -0.2) is 27.3 Å². The molecule has 0 fully saturated rings. The second-order valence-electron chi connectivity index (χ2n) is 2.41. The highest BCUT2D eigenvalue weighted by molar-refractivity contribution is 6.47. The van der Waals surface area contributed by atoms with Crippen LogP contribution in [0.15, 0.2) is 24.3 Å². The van der Waals surface area contributed by atoms with Crippen molar-refractivity contribution in [3.63, 3.8) is 0 Å². The fourth-order valence-electron chi connectivity index (χ4n) is 0.929. The van der Waals surface area contributed by atoms with Gasteiger partial charge in [-0.2, -0.15) is 0 Å². The average Bonchev–Trinajstić information content (AvgIpc) is 1.85. The zero-order chi connectivity index (χ0) is 8.48. The highest BCUT2D eigenvalue weighted by atomic mass is 35.5. The van der Waals surface area contributed by atoms with Gasteiger partial charge in [0, 0.05) is 0 Å². The van der Waals surface area contributed by atoms with Crippen molar-refractivity contribution in [2.45, 2.75) is 10.9 Å². The summed E-state index contributed by atoms with van der Waals surface area (Å²) in [5, 5.41) is 25.1. The maximum absolute atomic E-state index is 9.31. The summed E-state index contributed by atoms with van der Waals surface area (Å²) in [7, 11) is -1.64. The minimum absolute atomic E-state index is 0.867. The van der Waals surface area contributed by atoms with Gasteiger partial charge < -0.3 is 15.2 Å². The second-order valence-corrected chi connectivity index (χ2v) is 3.02. The summed E-state index contributed by atoms with van der Waals surface area (Å²) in [6.45, 7) is 0. The third-order valence-electron chi connectivity index (χ3n) is 1.55. The van der Waals surface area contributed by atoms with Gasteiger partial charge >= 0.3 is 7.12 Å². The van der Waals surface area contributed by atoms with Crippen LogP contribution in [0.2, 0.25) is 5.82 Å². The monoisotopic (exact) mass is 174 g/mol. The molecule has 0 bridgehead atoms. The van der Waals surface area contributed by atoms with Crippen LogP contribution in [0, 0.1) is 0 Å². The van der Waals surface area contributed by atoms with Crippen molar-refractivity contribution in [1.82, 2.24) is 0 Å². The molecule has 60 valence electrons. The third kappa shape index (κ3) is 1.84. The maximum Gasteiger partial charge on any atom is 0.463 e. The molecule has 0 saturated carbocycles. The first-order chi connectivity index (χ1) is 5.04. The van der Waals surface area contributed by atoms with Crippen molar-refractivity contribution in [2.75, 3.05) is 0 Å². The lowest BCUT2D eigenvalue weighted by Crippen LogP contribution is -2.36. The van der Waals surface area contributed by atoms with Crippen molar-refractivity contribution in [2.24, 2.45) is 0 Å². The van der Waals surface area contributed by atoms with E-state index in [0.29, 0.717) is 0 Å². The van der Waals surface area contributed by atoms with Crippen molar-refractivity contribution in [3.05, 3.63) is 24.3 Å². The first-order valence-corrected chi connectivity index (χ1v) is 3.55. The van der Waals surface area contributed by atoms with E-state index in [1.807, 2.05) is 0 Å². The van der Waals surface area contributed by atoms with E-state index in [2.05, 4.69) is 0 Å². The molecule has 0 radical (unpaired) electrons. The van der Waals surface area contributed by atoms with E-state index in [1.54, 1.807) is 12.2 Å². The Morgan fingerprint density at radius 1 is 1.36 bits per heavy atom. The van der Waals surface area contributed by atoms with E-state index >= 15 is 0 Å². The fourth-order valence-corrected chi connectivity index (χ4v) is 1.19. The summed E-state index contributed by atoms with van der Waals surface area (Å²) in [5.41, 5.74) is 0. The number of rotatable bonds is 1. The van der Waals surface area contributed by atoms with Gasteiger partial charge in [-0.1, -0.05) is 29.8 Å². The molecule has 1 rings (SSSR count). The summed E-state index contributed by atoms with van der Waals surface area (Å²) in [4.78, 5) is 0. The number of aliphatic hydroxyl groups is 1. The summed E-state index contributed by atoms with van der Waals surface area (Å²) in [5.74, 6) is -0.867. The molecule has 0 aromatic heterocycles. The van der Waals surface area contributed by atoms with Crippen molar-refractivity contribution < 1.29 is 15.2 Å². The fraction of sp³-hybridized carbons (Fsp3) is 0.333. The highest BCUT2D eigenvalue weighted by Gasteiger charge is 2.39. The molecule has 0 aromatic rings. The predicted molar refractivity (Wildman–Crippen MR) is 43.0 cm³/mol. The first kappa shape index (κ1) is 8.81. The molecule has 1 aliphatic rings. The van der Waals surface area contributed by atoms with Gasteiger partial charge in [-0.05, 0) is 6.08 Å². The molecule has 5 heteroatoms. The van der Waals surface area contributed by atoms with E-state index in [-0.39, 0.29) is 0 Å². The van der Waals surface area contributed by atoms with Gasteiger partial charge in [0.05, 0.1) is 5.82 Å². The van der Waals surface area contributed by atoms with Crippen molar-refractivity contribution in [1.29, 1.82) is 0 Å². The zero-order valence-corrected chi connectivity index (χ0v) is 6.44. The van der Waals surface area contributed by atoms with Crippen LogP contribution in [0.1, 0.15) is 0 Å². The van der Waals surface area contributed by atoms with Gasteiger partial charge in [-0.15, -0.1) is 0 Å². The van der Waals surface area contributed by atoms with Gasteiger partial charge in [0.2, 0.25) is 0 Å². The molecular formula is C6H8BClO3. The number of hydrogen-bond donors (Lipinski definition) is 3. The molecule has 0 aromatic carbocycles. The Bertz CT molecular complexity index is 200. The van der Waals surface area contributed by atoms with Crippen LogP contribution in [0.25, 0.3) is 0 Å². The van der Waals surface area contributed by atoms with Gasteiger partial charge in [-0.3, -0.25) is 0 Å². The molecule has 0 saturated heterocycles. The maximum atomic E-state index is 9.31. The molecule has 2 unspecified atom stereocenters. The highest BCUT2D eigenvalue weighted by Crippen LogP contribution is 2.34. The number of halogens is 1. The number of allylic oxidation sites excluding steroid dienone is 2. The van der Waals surface area contributed by atoms with E-state index in [9.17, 15) is 5.11 Å². The van der Waals surface area contributed by atoms with Gasteiger partial charge in [0.25, 0.3) is 0 Å². The molecule has 0 amide bonds. The molecule has 0 aliphatic heterocycles. The normalized spacial score (nSPS) is 35.8.